The Morgan fingerprint density at radius 2 is 1.80 bits per heavy atom. The van der Waals surface area contributed by atoms with Gasteiger partial charge in [-0.05, 0) is 55.2 Å². The van der Waals surface area contributed by atoms with E-state index in [-0.39, 0.29) is 5.91 Å². The van der Waals surface area contributed by atoms with Gasteiger partial charge in [-0.25, -0.2) is 0 Å². The summed E-state index contributed by atoms with van der Waals surface area (Å²) in [7, 11) is 1.64. The second-order valence-corrected chi connectivity index (χ2v) is 7.85. The second kappa shape index (κ2) is 10.2. The number of nitriles is 1. The van der Waals surface area contributed by atoms with E-state index in [0.717, 1.165) is 56.3 Å². The van der Waals surface area contributed by atoms with Crippen molar-refractivity contribution in [3.63, 3.8) is 0 Å². The molecule has 1 aliphatic carbocycles. The molecule has 1 amide bonds. The zero-order chi connectivity index (χ0) is 21.4. The van der Waals surface area contributed by atoms with Crippen molar-refractivity contribution in [2.45, 2.75) is 57.3 Å². The minimum Gasteiger partial charge on any atom is -0.497 e. The molecule has 0 radical (unpaired) electrons. The molecule has 1 fully saturated rings. The van der Waals surface area contributed by atoms with Gasteiger partial charge in [0.15, 0.2) is 0 Å². The summed E-state index contributed by atoms with van der Waals surface area (Å²) in [6.07, 6.45) is 6.76. The Hall–Kier alpha value is -3.00. The highest BCUT2D eigenvalue weighted by molar-refractivity contribution is 6.00. The van der Waals surface area contributed by atoms with Crippen LogP contribution in [-0.2, 0) is 10.2 Å². The molecule has 30 heavy (non-hydrogen) atoms. The molecule has 1 N–H and O–H groups in total. The highest BCUT2D eigenvalue weighted by Crippen LogP contribution is 2.41. The summed E-state index contributed by atoms with van der Waals surface area (Å²) in [6.45, 7) is 2.72. The smallest absolute Gasteiger partial charge is 0.235 e. The van der Waals surface area contributed by atoms with Crippen LogP contribution in [0.3, 0.4) is 0 Å². The molecular formula is C25H30N2O3. The van der Waals surface area contributed by atoms with Crippen molar-refractivity contribution in [1.82, 2.24) is 0 Å². The second-order valence-electron chi connectivity index (χ2n) is 7.85. The molecule has 5 nitrogen and oxygen atoms in total. The average Bonchev–Trinajstić information content (AvgIpc) is 2.80. The van der Waals surface area contributed by atoms with E-state index < -0.39 is 5.41 Å². The summed E-state index contributed by atoms with van der Waals surface area (Å²) in [5.74, 6) is 1.37. The number of nitrogens with zero attached hydrogens (tertiary/aromatic N) is 1. The van der Waals surface area contributed by atoms with E-state index in [2.05, 4.69) is 18.3 Å². The van der Waals surface area contributed by atoms with Crippen molar-refractivity contribution >= 4 is 11.6 Å². The predicted molar refractivity (Wildman–Crippen MR) is 118 cm³/mol. The third kappa shape index (κ3) is 4.76. The first kappa shape index (κ1) is 21.7. The minimum absolute atomic E-state index is 0.0523. The standard InChI is InChI=1S/C25H30N2O3/c1-3-4-16-30-22-12-13-23(19(17-22)18-26)27-24(28)25(14-6-5-7-15-25)20-8-10-21(29-2)11-9-20/h8-13,17H,3-7,14-16H2,1-2H3,(H,27,28). The molecule has 0 saturated heterocycles. The molecule has 0 heterocycles. The summed E-state index contributed by atoms with van der Waals surface area (Å²) in [6, 6.07) is 15.3. The van der Waals surface area contributed by atoms with Gasteiger partial charge in [0.1, 0.15) is 17.6 Å². The molecule has 3 rings (SSSR count). The van der Waals surface area contributed by atoms with Gasteiger partial charge in [-0.2, -0.15) is 5.26 Å². The lowest BCUT2D eigenvalue weighted by atomic mass is 9.68. The summed E-state index contributed by atoms with van der Waals surface area (Å²) in [4.78, 5) is 13.5. The van der Waals surface area contributed by atoms with Crippen molar-refractivity contribution in [3.8, 4) is 17.6 Å². The van der Waals surface area contributed by atoms with E-state index in [9.17, 15) is 10.1 Å². The van der Waals surface area contributed by atoms with Gasteiger partial charge in [-0.1, -0.05) is 44.7 Å². The number of rotatable bonds is 8. The largest absolute Gasteiger partial charge is 0.497 e. The molecular weight excluding hydrogens is 376 g/mol. The summed E-state index contributed by atoms with van der Waals surface area (Å²) >= 11 is 0. The van der Waals surface area contributed by atoms with Gasteiger partial charge in [0.25, 0.3) is 0 Å². The van der Waals surface area contributed by atoms with Gasteiger partial charge in [0.2, 0.25) is 5.91 Å². The number of hydrogen-bond acceptors (Lipinski definition) is 4. The summed E-state index contributed by atoms with van der Waals surface area (Å²) in [5.41, 5.74) is 1.36. The van der Waals surface area contributed by atoms with Crippen LogP contribution in [0, 0.1) is 11.3 Å². The number of nitrogens with one attached hydrogen (secondary N) is 1. The molecule has 0 bridgehead atoms. The molecule has 5 heteroatoms. The number of anilines is 1. The van der Waals surface area contributed by atoms with Crippen molar-refractivity contribution in [1.29, 1.82) is 5.26 Å². The van der Waals surface area contributed by atoms with Crippen molar-refractivity contribution in [2.75, 3.05) is 19.0 Å². The fraction of sp³-hybridized carbons (Fsp3) is 0.440. The lowest BCUT2D eigenvalue weighted by molar-refractivity contribution is -0.122. The maximum Gasteiger partial charge on any atom is 0.235 e. The molecule has 0 atom stereocenters. The molecule has 0 aromatic heterocycles. The Bertz CT molecular complexity index is 894. The third-order valence-corrected chi connectivity index (χ3v) is 5.91. The van der Waals surface area contributed by atoms with Gasteiger partial charge in [0.05, 0.1) is 30.4 Å². The Labute approximate surface area is 179 Å². The van der Waals surface area contributed by atoms with Crippen molar-refractivity contribution < 1.29 is 14.3 Å². The predicted octanol–water partition coefficient (Wildman–Crippen LogP) is 5.59. The van der Waals surface area contributed by atoms with Crippen molar-refractivity contribution in [2.24, 2.45) is 0 Å². The Morgan fingerprint density at radius 3 is 2.43 bits per heavy atom. The average molecular weight is 407 g/mol. The zero-order valence-corrected chi connectivity index (χ0v) is 17.9. The monoisotopic (exact) mass is 406 g/mol. The molecule has 1 aliphatic rings. The first-order chi connectivity index (χ1) is 14.6. The molecule has 158 valence electrons. The molecule has 2 aromatic carbocycles. The van der Waals surface area contributed by atoms with E-state index in [1.54, 1.807) is 19.2 Å². The Morgan fingerprint density at radius 1 is 1.10 bits per heavy atom. The fourth-order valence-corrected chi connectivity index (χ4v) is 4.10. The first-order valence-electron chi connectivity index (χ1n) is 10.8. The van der Waals surface area contributed by atoms with E-state index in [4.69, 9.17) is 9.47 Å². The van der Waals surface area contributed by atoms with E-state index >= 15 is 0 Å². The lowest BCUT2D eigenvalue weighted by Gasteiger charge is -2.36. The van der Waals surface area contributed by atoms with Crippen LogP contribution in [-0.4, -0.2) is 19.6 Å². The van der Waals surface area contributed by atoms with Crippen LogP contribution in [0.1, 0.15) is 63.0 Å². The van der Waals surface area contributed by atoms with E-state index in [1.165, 1.54) is 0 Å². The van der Waals surface area contributed by atoms with Crippen LogP contribution in [0.5, 0.6) is 11.5 Å². The molecule has 2 aromatic rings. The van der Waals surface area contributed by atoms with Crippen LogP contribution >= 0.6 is 0 Å². The number of unbranched alkanes of at least 4 members (excludes halogenated alkanes) is 1. The highest BCUT2D eigenvalue weighted by Gasteiger charge is 2.41. The van der Waals surface area contributed by atoms with Gasteiger partial charge < -0.3 is 14.8 Å². The van der Waals surface area contributed by atoms with Gasteiger partial charge in [0, 0.05) is 0 Å². The van der Waals surface area contributed by atoms with Crippen molar-refractivity contribution in [3.05, 3.63) is 53.6 Å². The number of hydrogen-bond donors (Lipinski definition) is 1. The quantitative estimate of drug-likeness (QED) is 0.580. The van der Waals surface area contributed by atoms with E-state index in [0.29, 0.717) is 23.6 Å². The van der Waals surface area contributed by atoms with E-state index in [1.807, 2.05) is 30.3 Å². The number of carbonyl (C=O) groups is 1. The number of ether oxygens (including phenoxy) is 2. The van der Waals surface area contributed by atoms with Gasteiger partial charge in [-0.3, -0.25) is 4.79 Å². The Kier molecular flexibility index (Phi) is 7.35. The maximum atomic E-state index is 13.5. The Balaban J connectivity index is 1.84. The van der Waals surface area contributed by atoms with Crippen LogP contribution in [0.2, 0.25) is 0 Å². The van der Waals surface area contributed by atoms with Gasteiger partial charge >= 0.3 is 0 Å². The van der Waals surface area contributed by atoms with Crippen LogP contribution in [0.4, 0.5) is 5.69 Å². The van der Waals surface area contributed by atoms with Crippen LogP contribution in [0.15, 0.2) is 42.5 Å². The maximum absolute atomic E-state index is 13.5. The topological polar surface area (TPSA) is 71.3 Å². The van der Waals surface area contributed by atoms with Crippen LogP contribution < -0.4 is 14.8 Å². The number of methoxy groups -OCH3 is 1. The summed E-state index contributed by atoms with van der Waals surface area (Å²) < 4.78 is 11.0. The SMILES string of the molecule is CCCCOc1ccc(NC(=O)C2(c3ccc(OC)cc3)CCCCC2)c(C#N)c1. The number of benzene rings is 2. The molecule has 0 unspecified atom stereocenters. The zero-order valence-electron chi connectivity index (χ0n) is 17.9. The summed E-state index contributed by atoms with van der Waals surface area (Å²) in [5, 5.41) is 12.7. The third-order valence-electron chi connectivity index (χ3n) is 5.91. The molecule has 0 spiro atoms. The first-order valence-corrected chi connectivity index (χ1v) is 10.8. The minimum atomic E-state index is -0.590. The number of amides is 1. The lowest BCUT2D eigenvalue weighted by Crippen LogP contribution is -2.42. The molecule has 0 aliphatic heterocycles. The highest BCUT2D eigenvalue weighted by atomic mass is 16.5. The fourth-order valence-electron chi connectivity index (χ4n) is 4.10. The number of carbonyl (C=O) groups excluding carboxylic acids is 1. The molecule has 1 saturated carbocycles. The van der Waals surface area contributed by atoms with Crippen LogP contribution in [0.25, 0.3) is 0 Å². The van der Waals surface area contributed by atoms with Gasteiger partial charge in [-0.15, -0.1) is 0 Å². The normalized spacial score (nSPS) is 15.1.